The van der Waals surface area contributed by atoms with E-state index in [-0.39, 0.29) is 11.5 Å². The molecule has 0 unspecified atom stereocenters. The van der Waals surface area contributed by atoms with Crippen LogP contribution in [0.2, 0.25) is 0 Å². The highest BCUT2D eigenvalue weighted by Gasteiger charge is 2.11. The summed E-state index contributed by atoms with van der Waals surface area (Å²) in [6, 6.07) is 10.7. The standard InChI is InChI=1S/C16H17NO4/c18-13-3-1-11(7-14(13)19)9-17-10-12-2-4-15-16(8-12)21-6-5-20-15/h1-4,7-8,17-19H,5-6,9-10H2. The molecule has 0 saturated carbocycles. The van der Waals surface area contributed by atoms with Gasteiger partial charge in [-0.15, -0.1) is 0 Å². The zero-order valence-corrected chi connectivity index (χ0v) is 11.5. The number of aromatic hydroxyl groups is 2. The maximum absolute atomic E-state index is 9.44. The van der Waals surface area contributed by atoms with E-state index in [1.54, 1.807) is 12.1 Å². The van der Waals surface area contributed by atoms with E-state index in [4.69, 9.17) is 9.47 Å². The average Bonchev–Trinajstić information content (AvgIpc) is 2.51. The zero-order valence-electron chi connectivity index (χ0n) is 11.5. The first-order valence-corrected chi connectivity index (χ1v) is 6.82. The molecule has 5 heteroatoms. The maximum atomic E-state index is 9.44. The molecule has 1 aliphatic heterocycles. The van der Waals surface area contributed by atoms with Crippen molar-refractivity contribution in [3.05, 3.63) is 47.5 Å². The Balaban J connectivity index is 1.58. The van der Waals surface area contributed by atoms with Crippen LogP contribution in [0.5, 0.6) is 23.0 Å². The Morgan fingerprint density at radius 2 is 1.48 bits per heavy atom. The first-order chi connectivity index (χ1) is 10.2. The van der Waals surface area contributed by atoms with Gasteiger partial charge in [-0.25, -0.2) is 0 Å². The third-order valence-corrected chi connectivity index (χ3v) is 3.30. The van der Waals surface area contributed by atoms with E-state index in [1.165, 1.54) is 6.07 Å². The highest BCUT2D eigenvalue weighted by molar-refractivity contribution is 5.44. The van der Waals surface area contributed by atoms with Gasteiger partial charge in [-0.1, -0.05) is 12.1 Å². The van der Waals surface area contributed by atoms with Crippen LogP contribution < -0.4 is 14.8 Å². The number of hydrogen-bond acceptors (Lipinski definition) is 5. The monoisotopic (exact) mass is 287 g/mol. The Kier molecular flexibility index (Phi) is 3.83. The van der Waals surface area contributed by atoms with Crippen LogP contribution in [0.25, 0.3) is 0 Å². The fourth-order valence-corrected chi connectivity index (χ4v) is 2.23. The smallest absolute Gasteiger partial charge is 0.161 e. The van der Waals surface area contributed by atoms with Crippen molar-refractivity contribution in [2.75, 3.05) is 13.2 Å². The number of rotatable bonds is 4. The molecule has 5 nitrogen and oxygen atoms in total. The van der Waals surface area contributed by atoms with Gasteiger partial charge in [0.1, 0.15) is 13.2 Å². The van der Waals surface area contributed by atoms with Gasteiger partial charge in [0.25, 0.3) is 0 Å². The lowest BCUT2D eigenvalue weighted by Gasteiger charge is -2.19. The molecule has 1 aliphatic rings. The van der Waals surface area contributed by atoms with Gasteiger partial charge < -0.3 is 25.0 Å². The van der Waals surface area contributed by atoms with Crippen molar-refractivity contribution < 1.29 is 19.7 Å². The molecule has 0 aliphatic carbocycles. The topological polar surface area (TPSA) is 71.0 Å². The summed E-state index contributed by atoms with van der Waals surface area (Å²) in [6.45, 7) is 2.45. The quantitative estimate of drug-likeness (QED) is 0.752. The minimum Gasteiger partial charge on any atom is -0.504 e. The molecule has 1 heterocycles. The lowest BCUT2D eigenvalue weighted by molar-refractivity contribution is 0.171. The second kappa shape index (κ2) is 5.93. The van der Waals surface area contributed by atoms with Gasteiger partial charge in [-0.3, -0.25) is 0 Å². The van der Waals surface area contributed by atoms with Crippen molar-refractivity contribution in [2.24, 2.45) is 0 Å². The van der Waals surface area contributed by atoms with Gasteiger partial charge in [0.05, 0.1) is 0 Å². The van der Waals surface area contributed by atoms with E-state index >= 15 is 0 Å². The second-order valence-electron chi connectivity index (χ2n) is 4.90. The third-order valence-electron chi connectivity index (χ3n) is 3.30. The summed E-state index contributed by atoms with van der Waals surface area (Å²) in [7, 11) is 0. The molecule has 3 N–H and O–H groups in total. The highest BCUT2D eigenvalue weighted by atomic mass is 16.6. The van der Waals surface area contributed by atoms with E-state index in [0.717, 1.165) is 22.6 Å². The van der Waals surface area contributed by atoms with E-state index in [9.17, 15) is 10.2 Å². The highest BCUT2D eigenvalue weighted by Crippen LogP contribution is 2.30. The number of phenols is 2. The van der Waals surface area contributed by atoms with Gasteiger partial charge in [0.15, 0.2) is 23.0 Å². The van der Waals surface area contributed by atoms with E-state index in [0.29, 0.717) is 26.3 Å². The molecular formula is C16H17NO4. The molecule has 0 atom stereocenters. The van der Waals surface area contributed by atoms with Crippen LogP contribution in [0.1, 0.15) is 11.1 Å². The molecule has 2 aromatic rings. The molecule has 110 valence electrons. The molecule has 3 rings (SSSR count). The van der Waals surface area contributed by atoms with Crippen LogP contribution in [0.4, 0.5) is 0 Å². The molecule has 0 bridgehead atoms. The Labute approximate surface area is 122 Å². The number of fused-ring (bicyclic) bond motifs is 1. The first-order valence-electron chi connectivity index (χ1n) is 6.82. The lowest BCUT2D eigenvalue weighted by atomic mass is 10.1. The molecule has 0 spiro atoms. The Morgan fingerprint density at radius 3 is 2.24 bits per heavy atom. The SMILES string of the molecule is Oc1ccc(CNCc2ccc3c(c2)OCCO3)cc1O. The van der Waals surface area contributed by atoms with Gasteiger partial charge in [0.2, 0.25) is 0 Å². The number of ether oxygens (including phenoxy) is 2. The van der Waals surface area contributed by atoms with Crippen LogP contribution in [0.15, 0.2) is 36.4 Å². The van der Waals surface area contributed by atoms with Crippen LogP contribution in [0, 0.1) is 0 Å². The molecule has 21 heavy (non-hydrogen) atoms. The summed E-state index contributed by atoms with van der Waals surface area (Å²) < 4.78 is 11.0. The van der Waals surface area contributed by atoms with Crippen molar-refractivity contribution in [3.8, 4) is 23.0 Å². The molecule has 0 radical (unpaired) electrons. The van der Waals surface area contributed by atoms with Crippen LogP contribution >= 0.6 is 0 Å². The Hall–Kier alpha value is -2.40. The first kappa shape index (κ1) is 13.6. The molecule has 2 aromatic carbocycles. The minimum atomic E-state index is -0.106. The van der Waals surface area contributed by atoms with Gasteiger partial charge >= 0.3 is 0 Å². The van der Waals surface area contributed by atoms with Crippen LogP contribution in [0.3, 0.4) is 0 Å². The summed E-state index contributed by atoms with van der Waals surface area (Å²) >= 11 is 0. The molecule has 0 saturated heterocycles. The zero-order chi connectivity index (χ0) is 14.7. The van der Waals surface area contributed by atoms with Crippen LogP contribution in [-0.2, 0) is 13.1 Å². The summed E-state index contributed by atoms with van der Waals surface area (Å²) in [4.78, 5) is 0. The summed E-state index contributed by atoms with van der Waals surface area (Å²) in [6.07, 6.45) is 0. The van der Waals surface area contributed by atoms with Gasteiger partial charge in [-0.2, -0.15) is 0 Å². The second-order valence-corrected chi connectivity index (χ2v) is 4.90. The molecule has 0 fully saturated rings. The average molecular weight is 287 g/mol. The van der Waals surface area contributed by atoms with Gasteiger partial charge in [0, 0.05) is 13.1 Å². The number of phenolic OH excluding ortho intramolecular Hbond substituents is 2. The van der Waals surface area contributed by atoms with E-state index in [1.807, 2.05) is 18.2 Å². The van der Waals surface area contributed by atoms with Crippen molar-refractivity contribution in [1.29, 1.82) is 0 Å². The van der Waals surface area contributed by atoms with E-state index < -0.39 is 0 Å². The minimum absolute atomic E-state index is 0.103. The molecule has 0 amide bonds. The van der Waals surface area contributed by atoms with Crippen molar-refractivity contribution >= 4 is 0 Å². The predicted molar refractivity (Wildman–Crippen MR) is 77.7 cm³/mol. The molecular weight excluding hydrogens is 270 g/mol. The molecule has 0 aromatic heterocycles. The lowest BCUT2D eigenvalue weighted by Crippen LogP contribution is -2.16. The summed E-state index contributed by atoms with van der Waals surface area (Å²) in [5.41, 5.74) is 2.00. The van der Waals surface area contributed by atoms with Crippen molar-refractivity contribution in [1.82, 2.24) is 5.32 Å². The summed E-state index contributed by atoms with van der Waals surface area (Å²) in [5, 5.41) is 22.0. The number of nitrogens with one attached hydrogen (secondary N) is 1. The number of hydrogen-bond donors (Lipinski definition) is 3. The Morgan fingerprint density at radius 1 is 0.810 bits per heavy atom. The fraction of sp³-hybridized carbons (Fsp3) is 0.250. The Bertz CT molecular complexity index is 642. The van der Waals surface area contributed by atoms with Crippen molar-refractivity contribution in [2.45, 2.75) is 13.1 Å². The number of benzene rings is 2. The normalized spacial score (nSPS) is 13.1. The van der Waals surface area contributed by atoms with Crippen molar-refractivity contribution in [3.63, 3.8) is 0 Å². The van der Waals surface area contributed by atoms with Gasteiger partial charge in [-0.05, 0) is 35.4 Å². The van der Waals surface area contributed by atoms with Crippen LogP contribution in [-0.4, -0.2) is 23.4 Å². The fourth-order valence-electron chi connectivity index (χ4n) is 2.23. The van der Waals surface area contributed by atoms with E-state index in [2.05, 4.69) is 5.32 Å². The third kappa shape index (κ3) is 3.20. The summed E-state index contributed by atoms with van der Waals surface area (Å²) in [5.74, 6) is 1.36. The predicted octanol–water partition coefficient (Wildman–Crippen LogP) is 2.16. The largest absolute Gasteiger partial charge is 0.504 e. The maximum Gasteiger partial charge on any atom is 0.161 e.